The zero-order valence-corrected chi connectivity index (χ0v) is 17.7. The molecular weight excluding hydrogens is 389 g/mol. The lowest BCUT2D eigenvalue weighted by Crippen LogP contribution is -2.39. The van der Waals surface area contributed by atoms with Crippen molar-refractivity contribution in [2.24, 2.45) is 5.41 Å². The van der Waals surface area contributed by atoms with Crippen LogP contribution in [0.15, 0.2) is 18.2 Å². The van der Waals surface area contributed by atoms with Crippen molar-refractivity contribution in [1.82, 2.24) is 10.2 Å². The molecular formula is C19H27Cl2N3O3. The lowest BCUT2D eigenvalue weighted by molar-refractivity contribution is -0.134. The maximum Gasteiger partial charge on any atom is 0.244 e. The quantitative estimate of drug-likeness (QED) is 0.634. The van der Waals surface area contributed by atoms with Gasteiger partial charge in [0.25, 0.3) is 0 Å². The fourth-order valence-corrected chi connectivity index (χ4v) is 2.70. The molecule has 0 saturated heterocycles. The summed E-state index contributed by atoms with van der Waals surface area (Å²) in [5.74, 6) is -0.581. The number of nitrogens with zero attached hydrogens (tertiary/aromatic N) is 1. The lowest BCUT2D eigenvalue weighted by Gasteiger charge is -2.21. The first-order valence-electron chi connectivity index (χ1n) is 8.86. The number of amides is 3. The Labute approximate surface area is 170 Å². The predicted octanol–water partition coefficient (Wildman–Crippen LogP) is 3.72. The van der Waals surface area contributed by atoms with Crippen LogP contribution < -0.4 is 10.6 Å². The van der Waals surface area contributed by atoms with Gasteiger partial charge in [-0.15, -0.1) is 0 Å². The van der Waals surface area contributed by atoms with E-state index in [-0.39, 0.29) is 30.7 Å². The SMILES string of the molecule is CCN(CC(=O)Nc1c(Cl)cccc1Cl)C(=O)CCCNC(=O)C(C)(C)C. The Morgan fingerprint density at radius 3 is 2.22 bits per heavy atom. The summed E-state index contributed by atoms with van der Waals surface area (Å²) in [4.78, 5) is 37.8. The van der Waals surface area contributed by atoms with E-state index in [0.717, 1.165) is 0 Å². The largest absolute Gasteiger partial charge is 0.356 e. The number of likely N-dealkylation sites (N-methyl/N-ethyl adjacent to an activating group) is 1. The summed E-state index contributed by atoms with van der Waals surface area (Å²) < 4.78 is 0. The van der Waals surface area contributed by atoms with E-state index < -0.39 is 5.41 Å². The second-order valence-corrected chi connectivity index (χ2v) is 7.98. The number of anilines is 1. The van der Waals surface area contributed by atoms with Gasteiger partial charge in [-0.1, -0.05) is 50.0 Å². The highest BCUT2D eigenvalue weighted by atomic mass is 35.5. The third-order valence-corrected chi connectivity index (χ3v) is 4.46. The number of benzene rings is 1. The molecule has 0 spiro atoms. The first-order valence-corrected chi connectivity index (χ1v) is 9.61. The molecule has 27 heavy (non-hydrogen) atoms. The zero-order valence-electron chi connectivity index (χ0n) is 16.2. The van der Waals surface area contributed by atoms with Crippen molar-refractivity contribution < 1.29 is 14.4 Å². The maximum absolute atomic E-state index is 12.3. The number of para-hydroxylation sites is 1. The van der Waals surface area contributed by atoms with E-state index in [9.17, 15) is 14.4 Å². The second-order valence-electron chi connectivity index (χ2n) is 7.16. The minimum atomic E-state index is -0.461. The first-order chi connectivity index (χ1) is 12.6. The zero-order chi connectivity index (χ0) is 20.6. The normalized spacial score (nSPS) is 11.0. The van der Waals surface area contributed by atoms with Crippen LogP contribution >= 0.6 is 23.2 Å². The van der Waals surface area contributed by atoms with Crippen molar-refractivity contribution in [3.05, 3.63) is 28.2 Å². The number of halogens is 2. The smallest absolute Gasteiger partial charge is 0.244 e. The lowest BCUT2D eigenvalue weighted by atomic mass is 9.96. The number of nitrogens with one attached hydrogen (secondary N) is 2. The molecule has 0 radical (unpaired) electrons. The van der Waals surface area contributed by atoms with Crippen molar-refractivity contribution in [2.75, 3.05) is 25.0 Å². The van der Waals surface area contributed by atoms with Crippen LogP contribution in [0.1, 0.15) is 40.5 Å². The molecule has 0 aliphatic heterocycles. The molecule has 0 aliphatic carbocycles. The Hall–Kier alpha value is -1.79. The van der Waals surface area contributed by atoms with Crippen molar-refractivity contribution in [2.45, 2.75) is 40.5 Å². The highest BCUT2D eigenvalue weighted by Gasteiger charge is 2.21. The highest BCUT2D eigenvalue weighted by molar-refractivity contribution is 6.39. The number of hydrogen-bond donors (Lipinski definition) is 2. The Balaban J connectivity index is 2.49. The fraction of sp³-hybridized carbons (Fsp3) is 0.526. The minimum absolute atomic E-state index is 0.0571. The van der Waals surface area contributed by atoms with Crippen molar-refractivity contribution in [3.63, 3.8) is 0 Å². The Kier molecular flexibility index (Phi) is 9.06. The molecule has 1 aromatic rings. The summed E-state index contributed by atoms with van der Waals surface area (Å²) in [5.41, 5.74) is -0.128. The summed E-state index contributed by atoms with van der Waals surface area (Å²) >= 11 is 12.1. The van der Waals surface area contributed by atoms with Gasteiger partial charge < -0.3 is 15.5 Å². The molecule has 3 amide bonds. The van der Waals surface area contributed by atoms with Gasteiger partial charge >= 0.3 is 0 Å². The molecule has 0 aliphatic rings. The van der Waals surface area contributed by atoms with Gasteiger partial charge in [0.15, 0.2) is 0 Å². The molecule has 8 heteroatoms. The fourth-order valence-electron chi connectivity index (χ4n) is 2.21. The summed E-state index contributed by atoms with van der Waals surface area (Å²) in [6.07, 6.45) is 0.757. The molecule has 1 aromatic carbocycles. The molecule has 1 rings (SSSR count). The van der Waals surface area contributed by atoms with E-state index in [1.54, 1.807) is 25.1 Å². The van der Waals surface area contributed by atoms with Crippen molar-refractivity contribution in [1.29, 1.82) is 0 Å². The summed E-state index contributed by atoms with van der Waals surface area (Å²) in [5, 5.41) is 6.11. The van der Waals surface area contributed by atoms with Crippen LogP contribution in [0, 0.1) is 5.41 Å². The molecule has 0 fully saturated rings. The van der Waals surface area contributed by atoms with Crippen molar-refractivity contribution in [3.8, 4) is 0 Å². The van der Waals surface area contributed by atoms with Gasteiger partial charge in [-0.25, -0.2) is 0 Å². The topological polar surface area (TPSA) is 78.5 Å². The van der Waals surface area contributed by atoms with E-state index in [4.69, 9.17) is 23.2 Å². The van der Waals surface area contributed by atoms with E-state index in [1.165, 1.54) is 4.90 Å². The van der Waals surface area contributed by atoms with E-state index in [1.807, 2.05) is 20.8 Å². The van der Waals surface area contributed by atoms with Gasteiger partial charge in [0.05, 0.1) is 22.3 Å². The molecule has 0 aromatic heterocycles. The molecule has 0 unspecified atom stereocenters. The monoisotopic (exact) mass is 415 g/mol. The Morgan fingerprint density at radius 2 is 1.70 bits per heavy atom. The van der Waals surface area contributed by atoms with E-state index in [0.29, 0.717) is 35.2 Å². The molecule has 0 atom stereocenters. The third-order valence-electron chi connectivity index (χ3n) is 3.83. The predicted molar refractivity (Wildman–Crippen MR) is 109 cm³/mol. The van der Waals surface area contributed by atoms with Crippen LogP contribution in [0.2, 0.25) is 10.0 Å². The Morgan fingerprint density at radius 1 is 1.11 bits per heavy atom. The third kappa shape index (κ3) is 7.77. The van der Waals surface area contributed by atoms with Crippen LogP contribution in [0.3, 0.4) is 0 Å². The number of rotatable bonds is 8. The van der Waals surface area contributed by atoms with Gasteiger partial charge in [0, 0.05) is 24.9 Å². The molecule has 0 heterocycles. The van der Waals surface area contributed by atoms with Gasteiger partial charge in [0.2, 0.25) is 17.7 Å². The molecule has 0 bridgehead atoms. The highest BCUT2D eigenvalue weighted by Crippen LogP contribution is 2.29. The number of carbonyl (C=O) groups is 3. The molecule has 2 N–H and O–H groups in total. The summed E-state index contributed by atoms with van der Waals surface area (Å²) in [6.45, 7) is 8.01. The van der Waals surface area contributed by atoms with Crippen LogP contribution in [0.5, 0.6) is 0 Å². The molecule has 6 nitrogen and oxygen atoms in total. The van der Waals surface area contributed by atoms with Crippen LogP contribution in [0.25, 0.3) is 0 Å². The van der Waals surface area contributed by atoms with E-state index in [2.05, 4.69) is 10.6 Å². The van der Waals surface area contributed by atoms with Gasteiger partial charge in [-0.2, -0.15) is 0 Å². The van der Waals surface area contributed by atoms with Crippen LogP contribution in [-0.4, -0.2) is 42.3 Å². The summed E-state index contributed by atoms with van der Waals surface area (Å²) in [7, 11) is 0. The Bertz CT molecular complexity index is 667. The minimum Gasteiger partial charge on any atom is -0.356 e. The van der Waals surface area contributed by atoms with Crippen LogP contribution in [-0.2, 0) is 14.4 Å². The molecule has 0 saturated carbocycles. The van der Waals surface area contributed by atoms with E-state index >= 15 is 0 Å². The first kappa shape index (κ1) is 23.2. The van der Waals surface area contributed by atoms with Crippen LogP contribution in [0.4, 0.5) is 5.69 Å². The van der Waals surface area contributed by atoms with Gasteiger partial charge in [-0.05, 0) is 25.5 Å². The number of carbonyl (C=O) groups excluding carboxylic acids is 3. The van der Waals surface area contributed by atoms with Crippen molar-refractivity contribution >= 4 is 46.6 Å². The number of hydrogen-bond acceptors (Lipinski definition) is 3. The summed E-state index contributed by atoms with van der Waals surface area (Å²) in [6, 6.07) is 4.93. The van der Waals surface area contributed by atoms with Gasteiger partial charge in [0.1, 0.15) is 0 Å². The second kappa shape index (κ2) is 10.5. The average molecular weight is 416 g/mol. The average Bonchev–Trinajstić information content (AvgIpc) is 2.58. The maximum atomic E-state index is 12.3. The molecule has 150 valence electrons. The standard InChI is InChI=1S/C19H27Cl2N3O3/c1-5-24(16(26)10-7-11-22-18(27)19(2,3)4)12-15(25)23-17-13(20)8-6-9-14(17)21/h6,8-9H,5,7,10-12H2,1-4H3,(H,22,27)(H,23,25). The van der Waals surface area contributed by atoms with Gasteiger partial charge in [-0.3, -0.25) is 14.4 Å².